The number of halogens is 1. The predicted octanol–water partition coefficient (Wildman–Crippen LogP) is 6.70. The van der Waals surface area contributed by atoms with Crippen LogP contribution in [0.5, 0.6) is 5.75 Å². The summed E-state index contributed by atoms with van der Waals surface area (Å²) < 4.78 is 26.2. The lowest BCUT2D eigenvalue weighted by Gasteiger charge is -2.35. The summed E-state index contributed by atoms with van der Waals surface area (Å²) in [4.78, 5) is 17.1. The maximum Gasteiger partial charge on any atom is 0.246 e. The van der Waals surface area contributed by atoms with Gasteiger partial charge in [-0.2, -0.15) is 0 Å². The number of anilines is 1. The van der Waals surface area contributed by atoms with Crippen LogP contribution in [0.4, 0.5) is 10.1 Å². The molecule has 1 saturated heterocycles. The first kappa shape index (κ1) is 24.6. The van der Waals surface area contributed by atoms with E-state index in [4.69, 9.17) is 9.15 Å². The Kier molecular flexibility index (Phi) is 6.99. The minimum atomic E-state index is -0.235. The molecule has 5 nitrogen and oxygen atoms in total. The molecule has 2 heterocycles. The van der Waals surface area contributed by atoms with E-state index in [0.29, 0.717) is 38.5 Å². The molecule has 0 unspecified atom stereocenters. The van der Waals surface area contributed by atoms with E-state index >= 15 is 0 Å². The standard InChI is InChI=1S/C31H31FN2O3/c1-4-36-30-22(3)31-25(26(20-37-31)23-10-6-5-7-11-23)19-24(30)21(2)18-29(35)34-16-14-33(15-17-34)28-13-9-8-12-27(28)32/h5-13,18-20H,4,14-17H2,1-3H3/b21-18+. The number of rotatable bonds is 6. The number of carbonyl (C=O) groups is 1. The summed E-state index contributed by atoms with van der Waals surface area (Å²) in [6, 6.07) is 19.0. The summed E-state index contributed by atoms with van der Waals surface area (Å²) in [7, 11) is 0. The van der Waals surface area contributed by atoms with Crippen LogP contribution in [0.15, 0.2) is 77.4 Å². The monoisotopic (exact) mass is 498 g/mol. The number of nitrogens with zero attached hydrogens (tertiary/aromatic N) is 2. The minimum absolute atomic E-state index is 0.0543. The zero-order valence-corrected chi connectivity index (χ0v) is 21.5. The number of carbonyl (C=O) groups excluding carboxylic acids is 1. The smallest absolute Gasteiger partial charge is 0.246 e. The third-order valence-corrected chi connectivity index (χ3v) is 6.97. The molecule has 0 bridgehead atoms. The van der Waals surface area contributed by atoms with E-state index in [0.717, 1.165) is 44.5 Å². The van der Waals surface area contributed by atoms with E-state index in [2.05, 4.69) is 18.2 Å². The van der Waals surface area contributed by atoms with Gasteiger partial charge in [0.1, 0.15) is 17.1 Å². The Hall–Kier alpha value is -4.06. The molecule has 37 heavy (non-hydrogen) atoms. The van der Waals surface area contributed by atoms with Crippen LogP contribution < -0.4 is 9.64 Å². The summed E-state index contributed by atoms with van der Waals surface area (Å²) in [6.45, 7) is 8.63. The molecule has 0 radical (unpaired) electrons. The largest absolute Gasteiger partial charge is 0.493 e. The van der Waals surface area contributed by atoms with Crippen molar-refractivity contribution in [2.75, 3.05) is 37.7 Å². The minimum Gasteiger partial charge on any atom is -0.493 e. The fourth-order valence-corrected chi connectivity index (χ4v) is 5.01. The molecule has 0 saturated carbocycles. The fraction of sp³-hybridized carbons (Fsp3) is 0.258. The van der Waals surface area contributed by atoms with E-state index in [9.17, 15) is 9.18 Å². The highest BCUT2D eigenvalue weighted by Gasteiger charge is 2.23. The lowest BCUT2D eigenvalue weighted by molar-refractivity contribution is -0.126. The van der Waals surface area contributed by atoms with Crippen LogP contribution in [0, 0.1) is 12.7 Å². The Balaban J connectivity index is 1.43. The molecule has 0 N–H and O–H groups in total. The molecule has 1 fully saturated rings. The Morgan fingerprint density at radius 1 is 1.05 bits per heavy atom. The first-order valence-electron chi connectivity index (χ1n) is 12.7. The van der Waals surface area contributed by atoms with Crippen molar-refractivity contribution < 1.29 is 18.3 Å². The molecular weight excluding hydrogens is 467 g/mol. The number of hydrogen-bond donors (Lipinski definition) is 0. The molecule has 4 aromatic rings. The number of allylic oxidation sites excluding steroid dienone is 1. The second-order valence-corrected chi connectivity index (χ2v) is 9.29. The number of para-hydroxylation sites is 1. The Labute approximate surface area is 216 Å². The van der Waals surface area contributed by atoms with Crippen LogP contribution in [0.1, 0.15) is 25.0 Å². The van der Waals surface area contributed by atoms with Crippen molar-refractivity contribution in [1.82, 2.24) is 4.90 Å². The van der Waals surface area contributed by atoms with Crippen molar-refractivity contribution in [2.45, 2.75) is 20.8 Å². The van der Waals surface area contributed by atoms with Gasteiger partial charge in [0.25, 0.3) is 0 Å². The van der Waals surface area contributed by atoms with E-state index in [1.54, 1.807) is 24.5 Å². The highest BCUT2D eigenvalue weighted by Crippen LogP contribution is 2.40. The maximum atomic E-state index is 14.2. The van der Waals surface area contributed by atoms with Crippen LogP contribution in [0.25, 0.3) is 27.7 Å². The van der Waals surface area contributed by atoms with Gasteiger partial charge in [0.15, 0.2) is 0 Å². The highest BCUT2D eigenvalue weighted by molar-refractivity contribution is 6.01. The highest BCUT2D eigenvalue weighted by atomic mass is 19.1. The lowest BCUT2D eigenvalue weighted by atomic mass is 9.96. The number of benzene rings is 3. The van der Waals surface area contributed by atoms with Crippen LogP contribution in [-0.2, 0) is 4.79 Å². The number of aryl methyl sites for hydroxylation is 1. The molecule has 1 amide bonds. The van der Waals surface area contributed by atoms with Gasteiger partial charge in [-0.15, -0.1) is 0 Å². The van der Waals surface area contributed by atoms with Crippen LogP contribution in [-0.4, -0.2) is 43.6 Å². The van der Waals surface area contributed by atoms with Crippen LogP contribution in [0.3, 0.4) is 0 Å². The van der Waals surface area contributed by atoms with Gasteiger partial charge < -0.3 is 19.0 Å². The van der Waals surface area contributed by atoms with Gasteiger partial charge >= 0.3 is 0 Å². The van der Waals surface area contributed by atoms with Gasteiger partial charge in [-0.1, -0.05) is 42.5 Å². The molecule has 190 valence electrons. The summed E-state index contributed by atoms with van der Waals surface area (Å²) in [5.74, 6) is 0.442. The van der Waals surface area contributed by atoms with Crippen molar-refractivity contribution >= 4 is 28.1 Å². The Morgan fingerprint density at radius 2 is 1.76 bits per heavy atom. The Bertz CT molecular complexity index is 1450. The number of amides is 1. The summed E-state index contributed by atoms with van der Waals surface area (Å²) in [5.41, 5.74) is 6.07. The van der Waals surface area contributed by atoms with E-state index < -0.39 is 0 Å². The van der Waals surface area contributed by atoms with Gasteiger partial charge in [0, 0.05) is 54.3 Å². The number of ether oxygens (including phenoxy) is 1. The van der Waals surface area contributed by atoms with Gasteiger partial charge in [-0.25, -0.2) is 4.39 Å². The third-order valence-electron chi connectivity index (χ3n) is 6.97. The number of furan rings is 1. The molecule has 3 aromatic carbocycles. The molecule has 1 aliphatic heterocycles. The average Bonchev–Trinajstić information content (AvgIpc) is 3.35. The number of fused-ring (bicyclic) bond motifs is 1. The molecular formula is C31H31FN2O3. The van der Waals surface area contributed by atoms with Gasteiger partial charge in [-0.3, -0.25) is 4.79 Å². The second kappa shape index (κ2) is 10.5. The number of hydrogen-bond acceptors (Lipinski definition) is 4. The van der Waals surface area contributed by atoms with Crippen molar-refractivity contribution in [2.24, 2.45) is 0 Å². The van der Waals surface area contributed by atoms with Crippen LogP contribution >= 0.6 is 0 Å². The second-order valence-electron chi connectivity index (χ2n) is 9.29. The van der Waals surface area contributed by atoms with Crippen molar-refractivity contribution in [3.8, 4) is 16.9 Å². The molecule has 1 aliphatic rings. The summed E-state index contributed by atoms with van der Waals surface area (Å²) >= 11 is 0. The normalized spacial score (nSPS) is 14.3. The van der Waals surface area contributed by atoms with E-state index in [1.807, 2.05) is 54.8 Å². The van der Waals surface area contributed by atoms with Gasteiger partial charge in [-0.05, 0) is 50.1 Å². The molecule has 0 spiro atoms. The fourth-order valence-electron chi connectivity index (χ4n) is 5.01. The first-order chi connectivity index (χ1) is 18.0. The first-order valence-corrected chi connectivity index (χ1v) is 12.7. The van der Waals surface area contributed by atoms with E-state index in [1.165, 1.54) is 6.07 Å². The van der Waals surface area contributed by atoms with E-state index in [-0.39, 0.29) is 11.7 Å². The topological polar surface area (TPSA) is 45.9 Å². The zero-order valence-electron chi connectivity index (χ0n) is 21.5. The van der Waals surface area contributed by atoms with Gasteiger partial charge in [0.2, 0.25) is 5.91 Å². The predicted molar refractivity (Wildman–Crippen MR) is 146 cm³/mol. The van der Waals surface area contributed by atoms with Gasteiger partial charge in [0.05, 0.1) is 18.6 Å². The average molecular weight is 499 g/mol. The molecule has 5 rings (SSSR count). The number of piperazine rings is 1. The summed E-state index contributed by atoms with van der Waals surface area (Å²) in [6.07, 6.45) is 3.47. The molecule has 0 atom stereocenters. The zero-order chi connectivity index (χ0) is 25.9. The molecule has 0 aliphatic carbocycles. The van der Waals surface area contributed by atoms with Crippen molar-refractivity contribution in [1.29, 1.82) is 0 Å². The maximum absolute atomic E-state index is 14.2. The lowest BCUT2D eigenvalue weighted by Crippen LogP contribution is -2.48. The Morgan fingerprint density at radius 3 is 2.46 bits per heavy atom. The summed E-state index contributed by atoms with van der Waals surface area (Å²) in [5, 5.41) is 0.987. The SMILES string of the molecule is CCOc1c(/C(C)=C/C(=O)N2CCN(c3ccccc3F)CC2)cc2c(-c3ccccc3)coc2c1C. The third kappa shape index (κ3) is 4.84. The van der Waals surface area contributed by atoms with Crippen LogP contribution in [0.2, 0.25) is 0 Å². The van der Waals surface area contributed by atoms with Crippen molar-refractivity contribution in [3.05, 3.63) is 89.9 Å². The quantitative estimate of drug-likeness (QED) is 0.278. The van der Waals surface area contributed by atoms with Crippen molar-refractivity contribution in [3.63, 3.8) is 0 Å². The molecule has 1 aromatic heterocycles. The molecule has 6 heteroatoms.